The van der Waals surface area contributed by atoms with E-state index in [0.29, 0.717) is 11.1 Å². The van der Waals surface area contributed by atoms with Crippen molar-refractivity contribution in [1.29, 1.82) is 0 Å². The average molecular weight is 354 g/mol. The van der Waals surface area contributed by atoms with Crippen LogP contribution >= 0.6 is 0 Å². The molecule has 0 radical (unpaired) electrons. The summed E-state index contributed by atoms with van der Waals surface area (Å²) in [6.45, 7) is 6.64. The molecule has 1 aromatic carbocycles. The van der Waals surface area contributed by atoms with Crippen molar-refractivity contribution in [2.45, 2.75) is 50.9 Å². The Morgan fingerprint density at radius 2 is 1.92 bits per heavy atom. The molecule has 24 heavy (non-hydrogen) atoms. The second-order valence-electron chi connectivity index (χ2n) is 6.52. The second kappa shape index (κ2) is 6.22. The van der Waals surface area contributed by atoms with Crippen LogP contribution in [0.2, 0.25) is 0 Å². The van der Waals surface area contributed by atoms with Crippen molar-refractivity contribution in [3.8, 4) is 0 Å². The van der Waals surface area contributed by atoms with Gasteiger partial charge in [-0.25, -0.2) is 13.2 Å². The first-order chi connectivity index (χ1) is 11.0. The molecule has 6 nitrogen and oxygen atoms in total. The number of esters is 1. The molecule has 0 amide bonds. The Kier molecular flexibility index (Phi) is 4.79. The van der Waals surface area contributed by atoms with Gasteiger partial charge in [0.05, 0.1) is 23.2 Å². The summed E-state index contributed by atoms with van der Waals surface area (Å²) in [5.74, 6) is -0.438. The van der Waals surface area contributed by atoms with Gasteiger partial charge in [-0.05, 0) is 51.0 Å². The molecule has 0 fully saturated rings. The smallest absolute Gasteiger partial charge is 0.374 e. The average Bonchev–Trinajstić information content (AvgIpc) is 2.65. The number of aliphatic hydroxyl groups excluding tert-OH is 1. The van der Waals surface area contributed by atoms with Gasteiger partial charge >= 0.3 is 5.97 Å². The zero-order chi connectivity index (χ0) is 18.3. The number of cyclic esters (lactones) is 1. The monoisotopic (exact) mass is 354 g/mol. The zero-order valence-electron chi connectivity index (χ0n) is 14.4. The van der Waals surface area contributed by atoms with Crippen LogP contribution in [0.15, 0.2) is 28.9 Å². The van der Waals surface area contributed by atoms with Crippen molar-refractivity contribution in [2.75, 3.05) is 6.26 Å². The molecule has 0 spiro atoms. The van der Waals surface area contributed by atoms with Crippen LogP contribution in [0.4, 0.5) is 0 Å². The summed E-state index contributed by atoms with van der Waals surface area (Å²) in [4.78, 5) is 12.2. The van der Waals surface area contributed by atoms with E-state index in [1.807, 2.05) is 0 Å². The first-order valence-electron chi connectivity index (χ1n) is 7.56. The minimum atomic E-state index is -3.46. The summed E-state index contributed by atoms with van der Waals surface area (Å²) >= 11 is 0. The molecule has 1 heterocycles. The molecule has 0 bridgehead atoms. The zero-order valence-corrected chi connectivity index (χ0v) is 15.2. The lowest BCUT2D eigenvalue weighted by Gasteiger charge is -2.22. The lowest BCUT2D eigenvalue weighted by Crippen LogP contribution is -2.22. The lowest BCUT2D eigenvalue weighted by atomic mass is 9.91. The molecule has 0 aliphatic carbocycles. The number of hydrogen-bond donors (Lipinski definition) is 1. The van der Waals surface area contributed by atoms with E-state index in [1.165, 1.54) is 6.07 Å². The highest BCUT2D eigenvalue weighted by Crippen LogP contribution is 2.41. The van der Waals surface area contributed by atoms with Crippen molar-refractivity contribution < 1.29 is 27.8 Å². The molecule has 0 saturated carbocycles. The Hall–Kier alpha value is -1.86. The molecule has 1 aliphatic rings. The van der Waals surface area contributed by atoms with E-state index in [4.69, 9.17) is 9.47 Å². The highest BCUT2D eigenvalue weighted by atomic mass is 32.2. The molecule has 132 valence electrons. The summed E-state index contributed by atoms with van der Waals surface area (Å²) in [6.07, 6.45) is 0.865. The van der Waals surface area contributed by atoms with Crippen LogP contribution in [0.25, 0.3) is 5.57 Å². The van der Waals surface area contributed by atoms with Crippen molar-refractivity contribution in [3.05, 3.63) is 35.1 Å². The van der Waals surface area contributed by atoms with E-state index in [2.05, 4.69) is 0 Å². The maximum absolute atomic E-state index is 12.1. The maximum Gasteiger partial charge on any atom is 0.374 e. The Balaban J connectivity index is 2.67. The fourth-order valence-electron chi connectivity index (χ4n) is 2.75. The van der Waals surface area contributed by atoms with Crippen molar-refractivity contribution in [3.63, 3.8) is 0 Å². The minimum absolute atomic E-state index is 0.0590. The van der Waals surface area contributed by atoms with Crippen molar-refractivity contribution in [2.24, 2.45) is 0 Å². The van der Waals surface area contributed by atoms with Gasteiger partial charge in [-0.15, -0.1) is 0 Å². The number of carbonyl (C=O) groups excluding carboxylic acids is 1. The standard InChI is InChI=1S/C17H22O6S/c1-10(2)22-15-14(17(3,4)23-16(15)19)11-6-7-13(24(5,20)21)12(8-11)9-18/h6-8,10,18H,9H2,1-5H3. The maximum atomic E-state index is 12.1. The molecule has 0 atom stereocenters. The Morgan fingerprint density at radius 1 is 1.29 bits per heavy atom. The number of rotatable bonds is 5. The number of sulfone groups is 1. The topological polar surface area (TPSA) is 89.9 Å². The molecule has 1 N–H and O–H groups in total. The summed E-state index contributed by atoms with van der Waals surface area (Å²) in [5, 5.41) is 9.53. The van der Waals surface area contributed by atoms with E-state index >= 15 is 0 Å². The molecule has 0 aromatic heterocycles. The Bertz CT molecular complexity index is 802. The van der Waals surface area contributed by atoms with Gasteiger partial charge < -0.3 is 14.6 Å². The number of ether oxygens (including phenoxy) is 2. The van der Waals surface area contributed by atoms with Crippen LogP contribution < -0.4 is 0 Å². The predicted molar refractivity (Wildman–Crippen MR) is 88.8 cm³/mol. The first-order valence-corrected chi connectivity index (χ1v) is 9.45. The van der Waals surface area contributed by atoms with Gasteiger partial charge in [-0.2, -0.15) is 0 Å². The largest absolute Gasteiger partial charge is 0.484 e. The van der Waals surface area contributed by atoms with Crippen LogP contribution in [-0.2, 0) is 30.7 Å². The van der Waals surface area contributed by atoms with Crippen molar-refractivity contribution in [1.82, 2.24) is 0 Å². The fourth-order valence-corrected chi connectivity index (χ4v) is 3.66. The molecular weight excluding hydrogens is 332 g/mol. The fraction of sp³-hybridized carbons (Fsp3) is 0.471. The van der Waals surface area contributed by atoms with E-state index in [1.54, 1.807) is 39.8 Å². The van der Waals surface area contributed by atoms with E-state index < -0.39 is 28.0 Å². The molecule has 1 aromatic rings. The molecule has 7 heteroatoms. The molecular formula is C17H22O6S. The SMILES string of the molecule is CC(C)OC1=C(c2ccc(S(C)(=O)=O)c(CO)c2)C(C)(C)OC1=O. The summed E-state index contributed by atoms with van der Waals surface area (Å²) in [6, 6.07) is 4.58. The van der Waals surface area contributed by atoms with Gasteiger partial charge in [0, 0.05) is 6.26 Å². The quantitative estimate of drug-likeness (QED) is 0.814. The number of carbonyl (C=O) groups is 1. The molecule has 0 saturated heterocycles. The first kappa shape index (κ1) is 18.5. The van der Waals surface area contributed by atoms with Gasteiger partial charge in [0.2, 0.25) is 5.76 Å². The van der Waals surface area contributed by atoms with Gasteiger partial charge in [0.15, 0.2) is 9.84 Å². The minimum Gasteiger partial charge on any atom is -0.484 e. The lowest BCUT2D eigenvalue weighted by molar-refractivity contribution is -0.147. The number of aliphatic hydroxyl groups is 1. The van der Waals surface area contributed by atoms with Gasteiger partial charge in [0.1, 0.15) is 5.60 Å². The van der Waals surface area contributed by atoms with E-state index in [0.717, 1.165) is 6.26 Å². The molecule has 2 rings (SSSR count). The van der Waals surface area contributed by atoms with Gasteiger partial charge in [0.25, 0.3) is 0 Å². The second-order valence-corrected chi connectivity index (χ2v) is 8.51. The van der Waals surface area contributed by atoms with Gasteiger partial charge in [-0.1, -0.05) is 6.07 Å². The highest BCUT2D eigenvalue weighted by Gasteiger charge is 2.43. The van der Waals surface area contributed by atoms with Crippen LogP contribution in [0.5, 0.6) is 0 Å². The number of hydrogen-bond acceptors (Lipinski definition) is 6. The van der Waals surface area contributed by atoms with Crippen molar-refractivity contribution >= 4 is 21.4 Å². The van der Waals surface area contributed by atoms with Crippen LogP contribution in [0.1, 0.15) is 38.8 Å². The van der Waals surface area contributed by atoms with Gasteiger partial charge in [-0.3, -0.25) is 0 Å². The normalized spacial score (nSPS) is 17.4. The summed E-state index contributed by atoms with van der Waals surface area (Å²) < 4.78 is 34.6. The highest BCUT2D eigenvalue weighted by molar-refractivity contribution is 7.90. The third-order valence-corrected chi connectivity index (χ3v) is 4.83. The summed E-state index contributed by atoms with van der Waals surface area (Å²) in [5.41, 5.74) is 0.469. The third-order valence-electron chi connectivity index (χ3n) is 3.63. The Morgan fingerprint density at radius 3 is 2.42 bits per heavy atom. The third kappa shape index (κ3) is 3.47. The van der Waals surface area contributed by atoms with E-state index in [-0.39, 0.29) is 22.3 Å². The van der Waals surface area contributed by atoms with E-state index in [9.17, 15) is 18.3 Å². The van der Waals surface area contributed by atoms with Crippen LogP contribution in [0.3, 0.4) is 0 Å². The van der Waals surface area contributed by atoms with Crippen LogP contribution in [0, 0.1) is 0 Å². The Labute approximate surface area is 142 Å². The molecule has 1 aliphatic heterocycles. The number of benzene rings is 1. The summed E-state index contributed by atoms with van der Waals surface area (Å²) in [7, 11) is -3.46. The predicted octanol–water partition coefficient (Wildman–Crippen LogP) is 2.05. The molecule has 0 unspecified atom stereocenters. The van der Waals surface area contributed by atoms with Crippen LogP contribution in [-0.4, -0.2) is 37.5 Å².